The number of aliphatic imine (C=N–C) groups is 1. The minimum Gasteiger partial charge on any atom is -0.497 e. The second-order valence-corrected chi connectivity index (χ2v) is 9.69. The van der Waals surface area contributed by atoms with Crippen LogP contribution in [0.4, 0.5) is 11.4 Å². The number of nitrogens with one attached hydrogen (secondary N) is 1. The molecule has 1 saturated heterocycles. The highest BCUT2D eigenvalue weighted by Crippen LogP contribution is 2.43. The van der Waals surface area contributed by atoms with Crippen molar-refractivity contribution >= 4 is 40.3 Å². The van der Waals surface area contributed by atoms with Crippen molar-refractivity contribution in [2.45, 2.75) is 45.6 Å². The second kappa shape index (κ2) is 8.42. The van der Waals surface area contributed by atoms with Crippen molar-refractivity contribution in [2.75, 3.05) is 18.6 Å². The molecule has 1 atom stereocenters. The summed E-state index contributed by atoms with van der Waals surface area (Å²) in [6.45, 7) is 10.1. The molecule has 1 amide bonds. The highest BCUT2D eigenvalue weighted by molar-refractivity contribution is 8.18. The van der Waals surface area contributed by atoms with Gasteiger partial charge in [0.15, 0.2) is 5.17 Å². The van der Waals surface area contributed by atoms with Crippen LogP contribution >= 0.6 is 11.8 Å². The molecule has 4 rings (SSSR count). The number of amidine groups is 1. The van der Waals surface area contributed by atoms with E-state index in [4.69, 9.17) is 4.74 Å². The maximum atomic E-state index is 12.5. The third-order valence-electron chi connectivity index (χ3n) is 5.98. The summed E-state index contributed by atoms with van der Waals surface area (Å²) < 4.78 is 5.18. The zero-order valence-corrected chi connectivity index (χ0v) is 19.5. The molecule has 5 nitrogen and oxygen atoms in total. The first-order chi connectivity index (χ1) is 14.8. The van der Waals surface area contributed by atoms with Crippen molar-refractivity contribution in [3.05, 3.63) is 58.5 Å². The molecule has 0 aromatic heterocycles. The van der Waals surface area contributed by atoms with Crippen molar-refractivity contribution in [1.29, 1.82) is 0 Å². The van der Waals surface area contributed by atoms with Crippen molar-refractivity contribution in [1.82, 2.24) is 5.32 Å². The minimum absolute atomic E-state index is 0.112. The molecule has 0 saturated carbocycles. The Morgan fingerprint density at radius 1 is 1.26 bits per heavy atom. The summed E-state index contributed by atoms with van der Waals surface area (Å²) in [6, 6.07) is 14.0. The summed E-state index contributed by atoms with van der Waals surface area (Å²) in [4.78, 5) is 20.2. The van der Waals surface area contributed by atoms with Crippen molar-refractivity contribution in [3.63, 3.8) is 0 Å². The van der Waals surface area contributed by atoms with Crippen LogP contribution in [0.15, 0.2) is 52.4 Å². The zero-order valence-electron chi connectivity index (χ0n) is 18.7. The summed E-state index contributed by atoms with van der Waals surface area (Å²) >= 11 is 1.37. The first-order valence-electron chi connectivity index (χ1n) is 10.7. The van der Waals surface area contributed by atoms with Crippen LogP contribution in [-0.4, -0.2) is 30.3 Å². The van der Waals surface area contributed by atoms with E-state index in [0.717, 1.165) is 30.0 Å². The van der Waals surface area contributed by atoms with Gasteiger partial charge < -0.3 is 15.0 Å². The third kappa shape index (κ3) is 4.35. The first kappa shape index (κ1) is 21.5. The predicted molar refractivity (Wildman–Crippen MR) is 130 cm³/mol. The molecule has 1 N–H and O–H groups in total. The number of fused-ring (bicyclic) bond motifs is 1. The van der Waals surface area contributed by atoms with Crippen LogP contribution in [-0.2, 0) is 4.79 Å². The Bertz CT molecular complexity index is 1060. The fourth-order valence-electron chi connectivity index (χ4n) is 4.60. The van der Waals surface area contributed by atoms with Gasteiger partial charge in [-0.15, -0.1) is 0 Å². The zero-order chi connectivity index (χ0) is 22.2. The van der Waals surface area contributed by atoms with E-state index in [0.29, 0.717) is 16.0 Å². The molecule has 2 aromatic rings. The van der Waals surface area contributed by atoms with Crippen molar-refractivity contribution in [3.8, 4) is 5.75 Å². The van der Waals surface area contributed by atoms with Crippen LogP contribution < -0.4 is 15.0 Å². The van der Waals surface area contributed by atoms with E-state index in [1.165, 1.54) is 23.0 Å². The number of carbonyl (C=O) groups is 1. The van der Waals surface area contributed by atoms with E-state index < -0.39 is 0 Å². The van der Waals surface area contributed by atoms with E-state index in [1.807, 2.05) is 30.3 Å². The van der Waals surface area contributed by atoms with Crippen LogP contribution in [0.5, 0.6) is 5.75 Å². The number of thioether (sulfide) groups is 1. The lowest BCUT2D eigenvalue weighted by atomic mass is 9.79. The normalized spacial score (nSPS) is 22.5. The lowest BCUT2D eigenvalue weighted by Crippen LogP contribution is -2.48. The summed E-state index contributed by atoms with van der Waals surface area (Å²) in [5.74, 6) is 1.14. The van der Waals surface area contributed by atoms with Crippen LogP contribution in [0.1, 0.15) is 51.2 Å². The molecule has 2 aromatic carbocycles. The quantitative estimate of drug-likeness (QED) is 0.626. The van der Waals surface area contributed by atoms with E-state index in [9.17, 15) is 4.79 Å². The largest absolute Gasteiger partial charge is 0.497 e. The number of nitrogens with zero attached hydrogens (tertiary/aromatic N) is 2. The maximum Gasteiger partial charge on any atom is 0.264 e. The van der Waals surface area contributed by atoms with Gasteiger partial charge in [-0.2, -0.15) is 0 Å². The molecule has 2 heterocycles. The molecule has 6 heteroatoms. The van der Waals surface area contributed by atoms with Gasteiger partial charge in [0.05, 0.1) is 17.7 Å². The summed E-state index contributed by atoms with van der Waals surface area (Å²) in [5.41, 5.74) is 4.62. The number of hydrogen-bond acceptors (Lipinski definition) is 5. The molecule has 2 aliphatic rings. The number of methoxy groups -OCH3 is 1. The Labute approximate surface area is 188 Å². The van der Waals surface area contributed by atoms with Crippen molar-refractivity contribution < 1.29 is 9.53 Å². The topological polar surface area (TPSA) is 53.9 Å². The van der Waals surface area contributed by atoms with Gasteiger partial charge in [0.25, 0.3) is 5.91 Å². The standard InChI is InChI=1S/C25H29N3O2S/c1-6-28-21-12-7-17(13-20(21)16(2)15-25(28,3)4)14-22-23(29)27-24(31-22)26-18-8-10-19(30-5)11-9-18/h7-14,16H,6,15H2,1-5H3,(H,26,27,29)/b22-14+. The lowest BCUT2D eigenvalue weighted by Gasteiger charge is -2.47. The summed E-state index contributed by atoms with van der Waals surface area (Å²) in [6.07, 6.45) is 3.07. The Balaban J connectivity index is 1.58. The lowest BCUT2D eigenvalue weighted by molar-refractivity contribution is -0.115. The summed E-state index contributed by atoms with van der Waals surface area (Å²) in [5, 5.41) is 3.46. The van der Waals surface area contributed by atoms with E-state index in [2.05, 4.69) is 61.1 Å². The number of rotatable bonds is 4. The monoisotopic (exact) mass is 435 g/mol. The van der Waals surface area contributed by atoms with Gasteiger partial charge in [-0.25, -0.2) is 4.99 Å². The molecule has 31 heavy (non-hydrogen) atoms. The fraction of sp³-hybridized carbons (Fsp3) is 0.360. The number of benzene rings is 2. The smallest absolute Gasteiger partial charge is 0.264 e. The van der Waals surface area contributed by atoms with Crippen LogP contribution in [0.2, 0.25) is 0 Å². The number of hydrogen-bond donors (Lipinski definition) is 1. The van der Waals surface area contributed by atoms with Gasteiger partial charge in [-0.3, -0.25) is 4.79 Å². The average molecular weight is 436 g/mol. The van der Waals surface area contributed by atoms with Gasteiger partial charge in [-0.1, -0.05) is 13.0 Å². The number of amides is 1. The van der Waals surface area contributed by atoms with E-state index in [-0.39, 0.29) is 11.4 Å². The van der Waals surface area contributed by atoms with Crippen LogP contribution in [0.25, 0.3) is 6.08 Å². The average Bonchev–Trinajstić information content (AvgIpc) is 3.07. The van der Waals surface area contributed by atoms with Gasteiger partial charge in [0.2, 0.25) is 0 Å². The molecule has 1 unspecified atom stereocenters. The highest BCUT2D eigenvalue weighted by Gasteiger charge is 2.35. The van der Waals surface area contributed by atoms with Gasteiger partial charge in [0, 0.05) is 17.8 Å². The van der Waals surface area contributed by atoms with E-state index >= 15 is 0 Å². The van der Waals surface area contributed by atoms with Crippen LogP contribution in [0.3, 0.4) is 0 Å². The Morgan fingerprint density at radius 2 is 2.00 bits per heavy atom. The number of ether oxygens (including phenoxy) is 1. The molecule has 162 valence electrons. The Kier molecular flexibility index (Phi) is 5.84. The number of anilines is 1. The van der Waals surface area contributed by atoms with Crippen molar-refractivity contribution in [2.24, 2.45) is 4.99 Å². The van der Waals surface area contributed by atoms with Crippen LogP contribution in [0, 0.1) is 0 Å². The fourth-order valence-corrected chi connectivity index (χ4v) is 5.44. The minimum atomic E-state index is -0.112. The SMILES string of the molecule is CCN1c2ccc(/C=C3/SC(=Nc4ccc(OC)cc4)NC3=O)cc2C(C)CC1(C)C. The molecular formula is C25H29N3O2S. The first-order valence-corrected chi connectivity index (χ1v) is 11.5. The highest BCUT2D eigenvalue weighted by atomic mass is 32.2. The molecule has 2 aliphatic heterocycles. The summed E-state index contributed by atoms with van der Waals surface area (Å²) in [7, 11) is 1.63. The van der Waals surface area contributed by atoms with E-state index in [1.54, 1.807) is 7.11 Å². The Morgan fingerprint density at radius 3 is 2.68 bits per heavy atom. The molecular weight excluding hydrogens is 406 g/mol. The Hall–Kier alpha value is -2.73. The molecule has 0 bridgehead atoms. The molecule has 0 spiro atoms. The number of carbonyl (C=O) groups excluding carboxylic acids is 1. The molecule has 1 fully saturated rings. The third-order valence-corrected chi connectivity index (χ3v) is 6.89. The second-order valence-electron chi connectivity index (χ2n) is 8.66. The van der Waals surface area contributed by atoms with Gasteiger partial charge in [0.1, 0.15) is 5.75 Å². The van der Waals surface area contributed by atoms with Gasteiger partial charge >= 0.3 is 0 Å². The molecule has 0 aliphatic carbocycles. The molecule has 0 radical (unpaired) electrons. The van der Waals surface area contributed by atoms with Gasteiger partial charge in [-0.05, 0) is 98.5 Å². The maximum absolute atomic E-state index is 12.5. The predicted octanol–water partition coefficient (Wildman–Crippen LogP) is 5.70.